The highest BCUT2D eigenvalue weighted by Crippen LogP contribution is 2.25. The molecule has 1 N–H and O–H groups in total. The van der Waals surface area contributed by atoms with Gasteiger partial charge in [0, 0.05) is 18.3 Å². The van der Waals surface area contributed by atoms with E-state index in [-0.39, 0.29) is 5.82 Å². The van der Waals surface area contributed by atoms with Crippen LogP contribution in [0.4, 0.5) is 10.1 Å². The van der Waals surface area contributed by atoms with Crippen LogP contribution < -0.4 is 5.32 Å². The van der Waals surface area contributed by atoms with E-state index in [1.165, 1.54) is 5.56 Å². The molecule has 1 heterocycles. The van der Waals surface area contributed by atoms with Crippen LogP contribution in [0.3, 0.4) is 0 Å². The zero-order chi connectivity index (χ0) is 12.3. The maximum absolute atomic E-state index is 13.2. The van der Waals surface area contributed by atoms with Gasteiger partial charge in [-0.15, -0.1) is 0 Å². The van der Waals surface area contributed by atoms with Crippen LogP contribution in [-0.2, 0) is 6.42 Å². The lowest BCUT2D eigenvalue weighted by Gasteiger charge is -2.31. The van der Waals surface area contributed by atoms with Crippen molar-refractivity contribution >= 4 is 5.69 Å². The van der Waals surface area contributed by atoms with Crippen molar-refractivity contribution in [2.45, 2.75) is 32.7 Å². The zero-order valence-corrected chi connectivity index (χ0v) is 10.7. The van der Waals surface area contributed by atoms with Crippen molar-refractivity contribution in [2.75, 3.05) is 25.0 Å². The number of nitrogens with one attached hydrogen (secondary N) is 1. The summed E-state index contributed by atoms with van der Waals surface area (Å²) < 4.78 is 13.2. The molecule has 1 aliphatic rings. The first-order chi connectivity index (χ1) is 8.22. The molecule has 94 valence electrons. The van der Waals surface area contributed by atoms with Crippen molar-refractivity contribution < 1.29 is 4.39 Å². The zero-order valence-electron chi connectivity index (χ0n) is 10.7. The van der Waals surface area contributed by atoms with Crippen LogP contribution >= 0.6 is 0 Å². The predicted octanol–water partition coefficient (Wildman–Crippen LogP) is 2.89. The molecule has 0 fully saturated rings. The molecule has 1 aromatic carbocycles. The largest absolute Gasteiger partial charge is 0.381 e. The fourth-order valence-corrected chi connectivity index (χ4v) is 2.45. The molecule has 0 saturated carbocycles. The molecular weight excluding hydrogens is 215 g/mol. The maximum atomic E-state index is 13.2. The fourth-order valence-electron chi connectivity index (χ4n) is 2.45. The van der Waals surface area contributed by atoms with Crippen LogP contribution in [0, 0.1) is 5.82 Å². The molecular formula is C14H21FN2. The van der Waals surface area contributed by atoms with E-state index in [0.717, 1.165) is 38.2 Å². The molecule has 0 aromatic heterocycles. The van der Waals surface area contributed by atoms with Gasteiger partial charge in [-0.05, 0) is 43.6 Å². The SMILES string of the molecule is CCN(CC)CC1CCc2ccc(F)cc2N1. The summed E-state index contributed by atoms with van der Waals surface area (Å²) in [7, 11) is 0. The fraction of sp³-hybridized carbons (Fsp3) is 0.571. The summed E-state index contributed by atoms with van der Waals surface area (Å²) >= 11 is 0. The van der Waals surface area contributed by atoms with Gasteiger partial charge >= 0.3 is 0 Å². The molecule has 0 bridgehead atoms. The molecule has 3 heteroatoms. The van der Waals surface area contributed by atoms with E-state index in [4.69, 9.17) is 0 Å². The topological polar surface area (TPSA) is 15.3 Å². The number of aryl methyl sites for hydroxylation is 1. The number of fused-ring (bicyclic) bond motifs is 1. The van der Waals surface area contributed by atoms with Crippen LogP contribution in [0.2, 0.25) is 0 Å². The summed E-state index contributed by atoms with van der Waals surface area (Å²) in [5.41, 5.74) is 2.22. The van der Waals surface area contributed by atoms with E-state index >= 15 is 0 Å². The summed E-state index contributed by atoms with van der Waals surface area (Å²) in [6, 6.07) is 5.50. The Morgan fingerprint density at radius 2 is 2.12 bits per heavy atom. The Balaban J connectivity index is 2.02. The van der Waals surface area contributed by atoms with E-state index in [2.05, 4.69) is 24.1 Å². The van der Waals surface area contributed by atoms with Gasteiger partial charge in [-0.3, -0.25) is 0 Å². The number of hydrogen-bond acceptors (Lipinski definition) is 2. The van der Waals surface area contributed by atoms with Crippen molar-refractivity contribution in [2.24, 2.45) is 0 Å². The molecule has 0 radical (unpaired) electrons. The molecule has 1 aliphatic heterocycles. The molecule has 0 spiro atoms. The second-order valence-electron chi connectivity index (χ2n) is 4.67. The van der Waals surface area contributed by atoms with Gasteiger partial charge in [0.1, 0.15) is 5.82 Å². The Bertz CT molecular complexity index is 374. The Hall–Kier alpha value is -1.09. The van der Waals surface area contributed by atoms with E-state index in [1.807, 2.05) is 6.07 Å². The van der Waals surface area contributed by atoms with Crippen LogP contribution in [0.5, 0.6) is 0 Å². The van der Waals surface area contributed by atoms with Gasteiger partial charge < -0.3 is 10.2 Å². The lowest BCUT2D eigenvalue weighted by Crippen LogP contribution is -2.38. The van der Waals surface area contributed by atoms with Gasteiger partial charge in [0.25, 0.3) is 0 Å². The highest BCUT2D eigenvalue weighted by atomic mass is 19.1. The minimum Gasteiger partial charge on any atom is -0.381 e. The average Bonchev–Trinajstić information content (AvgIpc) is 2.35. The van der Waals surface area contributed by atoms with Crippen molar-refractivity contribution in [1.29, 1.82) is 0 Å². The molecule has 0 saturated heterocycles. The first kappa shape index (κ1) is 12.4. The second-order valence-corrected chi connectivity index (χ2v) is 4.67. The summed E-state index contributed by atoms with van der Waals surface area (Å²) in [6.07, 6.45) is 2.18. The number of rotatable bonds is 4. The molecule has 0 aliphatic carbocycles. The monoisotopic (exact) mass is 236 g/mol. The quantitative estimate of drug-likeness (QED) is 0.864. The van der Waals surface area contributed by atoms with Crippen molar-refractivity contribution in [1.82, 2.24) is 4.90 Å². The van der Waals surface area contributed by atoms with Crippen LogP contribution in [-0.4, -0.2) is 30.6 Å². The van der Waals surface area contributed by atoms with Gasteiger partial charge in [0.05, 0.1) is 0 Å². The Labute approximate surface area is 103 Å². The third-order valence-electron chi connectivity index (χ3n) is 3.57. The van der Waals surface area contributed by atoms with Gasteiger partial charge in [-0.1, -0.05) is 19.9 Å². The van der Waals surface area contributed by atoms with Gasteiger partial charge in [-0.2, -0.15) is 0 Å². The number of likely N-dealkylation sites (N-methyl/N-ethyl adjacent to an activating group) is 1. The number of hydrogen-bond donors (Lipinski definition) is 1. The van der Waals surface area contributed by atoms with Gasteiger partial charge in [-0.25, -0.2) is 4.39 Å². The van der Waals surface area contributed by atoms with E-state index in [0.29, 0.717) is 6.04 Å². The first-order valence-corrected chi connectivity index (χ1v) is 6.50. The maximum Gasteiger partial charge on any atom is 0.125 e. The lowest BCUT2D eigenvalue weighted by molar-refractivity contribution is 0.283. The molecule has 17 heavy (non-hydrogen) atoms. The second kappa shape index (κ2) is 5.50. The summed E-state index contributed by atoms with van der Waals surface area (Å²) in [4.78, 5) is 2.40. The van der Waals surface area contributed by atoms with E-state index in [9.17, 15) is 4.39 Å². The number of nitrogens with zero attached hydrogens (tertiary/aromatic N) is 1. The third kappa shape index (κ3) is 2.97. The highest BCUT2D eigenvalue weighted by Gasteiger charge is 2.19. The minimum atomic E-state index is -0.153. The number of benzene rings is 1. The lowest BCUT2D eigenvalue weighted by atomic mass is 9.97. The predicted molar refractivity (Wildman–Crippen MR) is 69.9 cm³/mol. The smallest absolute Gasteiger partial charge is 0.125 e. The molecule has 2 rings (SSSR count). The molecule has 1 atom stereocenters. The molecule has 2 nitrogen and oxygen atoms in total. The highest BCUT2D eigenvalue weighted by molar-refractivity contribution is 5.54. The average molecular weight is 236 g/mol. The molecule has 1 unspecified atom stereocenters. The normalized spacial score (nSPS) is 18.9. The molecule has 0 amide bonds. The third-order valence-corrected chi connectivity index (χ3v) is 3.57. The number of anilines is 1. The van der Waals surface area contributed by atoms with Crippen LogP contribution in [0.25, 0.3) is 0 Å². The van der Waals surface area contributed by atoms with Crippen molar-refractivity contribution in [3.8, 4) is 0 Å². The molecule has 1 aromatic rings. The number of halogens is 1. The van der Waals surface area contributed by atoms with Crippen molar-refractivity contribution in [3.63, 3.8) is 0 Å². The van der Waals surface area contributed by atoms with E-state index < -0.39 is 0 Å². The minimum absolute atomic E-state index is 0.153. The Kier molecular flexibility index (Phi) is 4.00. The van der Waals surface area contributed by atoms with Gasteiger partial charge in [0.2, 0.25) is 0 Å². The summed E-state index contributed by atoms with van der Waals surface area (Å²) in [5, 5.41) is 3.46. The Morgan fingerprint density at radius 1 is 1.35 bits per heavy atom. The standard InChI is InChI=1S/C14H21FN2/c1-3-17(4-2)10-13-8-6-11-5-7-12(15)9-14(11)16-13/h5,7,9,13,16H,3-4,6,8,10H2,1-2H3. The van der Waals surface area contributed by atoms with Gasteiger partial charge in [0.15, 0.2) is 0 Å². The Morgan fingerprint density at radius 3 is 2.82 bits per heavy atom. The summed E-state index contributed by atoms with van der Waals surface area (Å²) in [5.74, 6) is -0.153. The first-order valence-electron chi connectivity index (χ1n) is 6.50. The van der Waals surface area contributed by atoms with Crippen LogP contribution in [0.1, 0.15) is 25.8 Å². The van der Waals surface area contributed by atoms with Crippen molar-refractivity contribution in [3.05, 3.63) is 29.6 Å². The van der Waals surface area contributed by atoms with Crippen LogP contribution in [0.15, 0.2) is 18.2 Å². The van der Waals surface area contributed by atoms with E-state index in [1.54, 1.807) is 12.1 Å². The summed E-state index contributed by atoms with van der Waals surface area (Å²) in [6.45, 7) is 7.55.